The summed E-state index contributed by atoms with van der Waals surface area (Å²) in [6.07, 6.45) is 0.537. The lowest BCUT2D eigenvalue weighted by Gasteiger charge is -2.17. The molecule has 0 aliphatic rings. The van der Waals surface area contributed by atoms with E-state index in [0.29, 0.717) is 31.9 Å². The first-order chi connectivity index (χ1) is 11.7. The fraction of sp³-hybridized carbons (Fsp3) is 0.500. The molecule has 2 rings (SSSR count). The van der Waals surface area contributed by atoms with Crippen molar-refractivity contribution in [2.75, 3.05) is 33.4 Å². The molecule has 1 amide bonds. The molecule has 24 heavy (non-hydrogen) atoms. The lowest BCUT2D eigenvalue weighted by atomic mass is 10.1. The van der Waals surface area contributed by atoms with E-state index in [9.17, 15) is 4.79 Å². The molecule has 1 aromatic heterocycles. The number of methoxy groups -OCH3 is 1. The van der Waals surface area contributed by atoms with Crippen LogP contribution in [0.4, 0.5) is 0 Å². The summed E-state index contributed by atoms with van der Waals surface area (Å²) in [5, 5.41) is 17.6. The van der Waals surface area contributed by atoms with E-state index in [4.69, 9.17) is 4.74 Å². The fourth-order valence-electron chi connectivity index (χ4n) is 2.34. The number of carbonyl (C=O) groups excluding carboxylic acids is 1. The van der Waals surface area contributed by atoms with Crippen LogP contribution in [-0.2, 0) is 16.0 Å². The van der Waals surface area contributed by atoms with E-state index in [2.05, 4.69) is 26.2 Å². The minimum atomic E-state index is -0.471. The minimum absolute atomic E-state index is 0.0946. The smallest absolute Gasteiger partial charge is 0.245 e. The predicted octanol–water partition coefficient (Wildman–Crippen LogP) is 0.118. The summed E-state index contributed by atoms with van der Waals surface area (Å²) >= 11 is 0. The Morgan fingerprint density at radius 2 is 2.04 bits per heavy atom. The van der Waals surface area contributed by atoms with Crippen LogP contribution in [0.15, 0.2) is 30.3 Å². The number of aromatic nitrogens is 4. The summed E-state index contributed by atoms with van der Waals surface area (Å²) in [4.78, 5) is 12.6. The highest BCUT2D eigenvalue weighted by molar-refractivity contribution is 5.80. The van der Waals surface area contributed by atoms with Gasteiger partial charge in [0.2, 0.25) is 5.91 Å². The summed E-state index contributed by atoms with van der Waals surface area (Å²) in [5.74, 6) is 0.520. The van der Waals surface area contributed by atoms with Crippen LogP contribution in [0.5, 0.6) is 0 Å². The maximum atomic E-state index is 12.6. The third-order valence-corrected chi connectivity index (χ3v) is 3.61. The van der Waals surface area contributed by atoms with Gasteiger partial charge in [0.25, 0.3) is 0 Å². The van der Waals surface area contributed by atoms with Crippen LogP contribution in [0, 0.1) is 6.92 Å². The summed E-state index contributed by atoms with van der Waals surface area (Å²) < 4.78 is 6.53. The summed E-state index contributed by atoms with van der Waals surface area (Å²) in [6, 6.07) is 9.37. The normalized spacial score (nSPS) is 12.1. The molecule has 2 aromatic rings. The number of benzene rings is 1. The number of nitrogens with zero attached hydrogens (tertiary/aromatic N) is 4. The number of aryl methyl sites for hydroxylation is 1. The summed E-state index contributed by atoms with van der Waals surface area (Å²) in [5.41, 5.74) is 1.06. The average molecular weight is 332 g/mol. The highest BCUT2D eigenvalue weighted by Crippen LogP contribution is 2.14. The molecule has 8 nitrogen and oxygen atoms in total. The van der Waals surface area contributed by atoms with E-state index in [1.54, 1.807) is 18.7 Å². The zero-order chi connectivity index (χ0) is 17.2. The maximum absolute atomic E-state index is 12.6. The lowest BCUT2D eigenvalue weighted by molar-refractivity contribution is -0.124. The molecule has 0 saturated carbocycles. The molecule has 0 radical (unpaired) electrons. The standard InChI is InChI=1S/C16H24N6O2/c1-13-19-20-21-22(13)15(12-14-6-4-3-5-7-14)16(23)18-9-8-17-10-11-24-2/h3-7,15,17H,8-12H2,1-2H3,(H,18,23). The van der Waals surface area contributed by atoms with Gasteiger partial charge in [0.05, 0.1) is 6.61 Å². The Morgan fingerprint density at radius 1 is 1.25 bits per heavy atom. The summed E-state index contributed by atoms with van der Waals surface area (Å²) in [7, 11) is 1.66. The van der Waals surface area contributed by atoms with E-state index in [1.807, 2.05) is 30.3 Å². The van der Waals surface area contributed by atoms with Crippen LogP contribution >= 0.6 is 0 Å². The van der Waals surface area contributed by atoms with Crippen molar-refractivity contribution in [2.24, 2.45) is 0 Å². The Morgan fingerprint density at radius 3 is 2.71 bits per heavy atom. The van der Waals surface area contributed by atoms with Gasteiger partial charge in [-0.05, 0) is 22.9 Å². The van der Waals surface area contributed by atoms with Gasteiger partial charge in [-0.15, -0.1) is 5.10 Å². The Balaban J connectivity index is 1.95. The van der Waals surface area contributed by atoms with E-state index in [0.717, 1.165) is 12.1 Å². The first-order valence-corrected chi connectivity index (χ1v) is 7.98. The highest BCUT2D eigenvalue weighted by Gasteiger charge is 2.23. The second kappa shape index (κ2) is 9.74. The van der Waals surface area contributed by atoms with Gasteiger partial charge in [0.1, 0.15) is 11.9 Å². The third kappa shape index (κ3) is 5.39. The Hall–Kier alpha value is -2.32. The van der Waals surface area contributed by atoms with E-state index in [-0.39, 0.29) is 5.91 Å². The van der Waals surface area contributed by atoms with Crippen molar-refractivity contribution in [2.45, 2.75) is 19.4 Å². The molecule has 0 bridgehead atoms. The molecule has 1 unspecified atom stereocenters. The number of tetrazole rings is 1. The van der Waals surface area contributed by atoms with E-state index in [1.165, 1.54) is 0 Å². The van der Waals surface area contributed by atoms with Gasteiger partial charge in [0, 0.05) is 33.2 Å². The molecule has 1 atom stereocenters. The van der Waals surface area contributed by atoms with Crippen molar-refractivity contribution in [3.8, 4) is 0 Å². The quantitative estimate of drug-likeness (QED) is 0.600. The Labute approximate surface area is 141 Å². The van der Waals surface area contributed by atoms with Crippen molar-refractivity contribution in [1.29, 1.82) is 0 Å². The molecule has 130 valence electrons. The number of nitrogens with one attached hydrogen (secondary N) is 2. The Kier molecular flexibility index (Phi) is 7.31. The van der Waals surface area contributed by atoms with Gasteiger partial charge < -0.3 is 15.4 Å². The van der Waals surface area contributed by atoms with Crippen LogP contribution in [-0.4, -0.2) is 59.5 Å². The monoisotopic (exact) mass is 332 g/mol. The molecule has 8 heteroatoms. The van der Waals surface area contributed by atoms with E-state index < -0.39 is 6.04 Å². The van der Waals surface area contributed by atoms with Gasteiger partial charge in [-0.1, -0.05) is 30.3 Å². The van der Waals surface area contributed by atoms with Gasteiger partial charge >= 0.3 is 0 Å². The maximum Gasteiger partial charge on any atom is 0.245 e. The summed E-state index contributed by atoms with van der Waals surface area (Å²) in [6.45, 7) is 4.41. The second-order valence-corrected chi connectivity index (χ2v) is 5.41. The van der Waals surface area contributed by atoms with Crippen molar-refractivity contribution in [1.82, 2.24) is 30.8 Å². The first kappa shape index (κ1) is 18.0. The second-order valence-electron chi connectivity index (χ2n) is 5.41. The number of hydrogen-bond donors (Lipinski definition) is 2. The first-order valence-electron chi connectivity index (χ1n) is 7.98. The SMILES string of the molecule is COCCNCCNC(=O)C(Cc1ccccc1)n1nnnc1C. The largest absolute Gasteiger partial charge is 0.383 e. The highest BCUT2D eigenvalue weighted by atomic mass is 16.5. The van der Waals surface area contributed by atoms with Gasteiger partial charge in [-0.2, -0.15) is 0 Å². The van der Waals surface area contributed by atoms with Crippen LogP contribution in [0.3, 0.4) is 0 Å². The topological polar surface area (TPSA) is 94.0 Å². The van der Waals surface area contributed by atoms with Crippen LogP contribution < -0.4 is 10.6 Å². The van der Waals surface area contributed by atoms with Crippen molar-refractivity contribution >= 4 is 5.91 Å². The van der Waals surface area contributed by atoms with Crippen LogP contribution in [0.1, 0.15) is 17.4 Å². The zero-order valence-corrected chi connectivity index (χ0v) is 14.1. The van der Waals surface area contributed by atoms with Gasteiger partial charge in [-0.25, -0.2) is 4.68 Å². The number of hydrogen-bond acceptors (Lipinski definition) is 6. The third-order valence-electron chi connectivity index (χ3n) is 3.61. The fourth-order valence-corrected chi connectivity index (χ4v) is 2.34. The van der Waals surface area contributed by atoms with Crippen molar-refractivity contribution in [3.63, 3.8) is 0 Å². The molecule has 1 heterocycles. The van der Waals surface area contributed by atoms with Crippen molar-refractivity contribution in [3.05, 3.63) is 41.7 Å². The molecule has 0 aliphatic carbocycles. The number of rotatable bonds is 10. The molecular weight excluding hydrogens is 308 g/mol. The minimum Gasteiger partial charge on any atom is -0.383 e. The number of carbonyl (C=O) groups is 1. The van der Waals surface area contributed by atoms with Crippen molar-refractivity contribution < 1.29 is 9.53 Å². The molecular formula is C16H24N6O2. The Bertz CT molecular complexity index is 616. The number of ether oxygens (including phenoxy) is 1. The average Bonchev–Trinajstić information content (AvgIpc) is 3.02. The molecule has 2 N–H and O–H groups in total. The van der Waals surface area contributed by atoms with Crippen LogP contribution in [0.25, 0.3) is 0 Å². The lowest BCUT2D eigenvalue weighted by Crippen LogP contribution is -2.39. The number of amides is 1. The molecule has 1 aromatic carbocycles. The van der Waals surface area contributed by atoms with Gasteiger partial charge in [-0.3, -0.25) is 4.79 Å². The van der Waals surface area contributed by atoms with Crippen LogP contribution in [0.2, 0.25) is 0 Å². The molecule has 0 fully saturated rings. The molecule has 0 aliphatic heterocycles. The molecule has 0 saturated heterocycles. The predicted molar refractivity (Wildman–Crippen MR) is 89.5 cm³/mol. The van der Waals surface area contributed by atoms with E-state index >= 15 is 0 Å². The van der Waals surface area contributed by atoms with Gasteiger partial charge in [0.15, 0.2) is 0 Å². The zero-order valence-electron chi connectivity index (χ0n) is 14.1. The molecule has 0 spiro atoms.